The van der Waals surface area contributed by atoms with Crippen LogP contribution >= 0.6 is 0 Å². The number of nitrogens with one attached hydrogen (secondary N) is 1. The number of anilines is 1. The fraction of sp³-hybridized carbons (Fsp3) is 0.533. The van der Waals surface area contributed by atoms with Crippen molar-refractivity contribution in [1.29, 1.82) is 0 Å². The number of carbonyl (C=O) groups is 1. The highest BCUT2D eigenvalue weighted by Gasteiger charge is 2.27. The van der Waals surface area contributed by atoms with Crippen LogP contribution in [-0.2, 0) is 14.8 Å². The van der Waals surface area contributed by atoms with E-state index < -0.39 is 15.9 Å². The number of benzene rings is 2. The average molecular weight is 526 g/mol. The van der Waals surface area contributed by atoms with Crippen molar-refractivity contribution in [3.05, 3.63) is 59.7 Å². The summed E-state index contributed by atoms with van der Waals surface area (Å²) < 4.78 is 28.4. The molecule has 7 heteroatoms. The van der Waals surface area contributed by atoms with Crippen LogP contribution in [0.3, 0.4) is 0 Å². The van der Waals surface area contributed by atoms with Crippen molar-refractivity contribution in [3.63, 3.8) is 0 Å². The van der Waals surface area contributed by atoms with E-state index in [0.29, 0.717) is 11.6 Å². The Labute approximate surface area is 223 Å². The third-order valence-electron chi connectivity index (χ3n) is 7.01. The fourth-order valence-corrected chi connectivity index (χ4v) is 6.04. The number of hydrogen-bond acceptors (Lipinski definition) is 4. The smallest absolute Gasteiger partial charge is 0.264 e. The molecule has 1 aliphatic carbocycles. The van der Waals surface area contributed by atoms with Crippen LogP contribution < -0.4 is 9.73 Å². The molecular formula is C30H43N3O3S. The number of aryl methyl sites for hydroxylation is 1. The number of amides is 1. The van der Waals surface area contributed by atoms with E-state index in [1.165, 1.54) is 49.3 Å². The molecule has 3 rings (SSSR count). The van der Waals surface area contributed by atoms with Gasteiger partial charge >= 0.3 is 0 Å². The van der Waals surface area contributed by atoms with E-state index >= 15 is 0 Å². The van der Waals surface area contributed by atoms with E-state index in [-0.39, 0.29) is 11.4 Å². The Kier molecular flexibility index (Phi) is 11.2. The zero-order valence-electron chi connectivity index (χ0n) is 22.7. The summed E-state index contributed by atoms with van der Waals surface area (Å²) in [5, 5.41) is 4.46. The Bertz CT molecular complexity index is 1110. The van der Waals surface area contributed by atoms with Crippen molar-refractivity contribution in [2.75, 3.05) is 10.8 Å². The molecule has 2 aromatic carbocycles. The zero-order valence-corrected chi connectivity index (χ0v) is 23.5. The Morgan fingerprint density at radius 3 is 1.86 bits per heavy atom. The summed E-state index contributed by atoms with van der Waals surface area (Å²) in [4.78, 5) is 13.2. The van der Waals surface area contributed by atoms with Crippen LogP contribution in [0.1, 0.15) is 102 Å². The highest BCUT2D eigenvalue weighted by atomic mass is 32.2. The lowest BCUT2D eigenvalue weighted by atomic mass is 10.00. The molecule has 0 atom stereocenters. The lowest BCUT2D eigenvalue weighted by Gasteiger charge is -2.24. The van der Waals surface area contributed by atoms with Gasteiger partial charge in [-0.1, -0.05) is 88.6 Å². The van der Waals surface area contributed by atoms with Gasteiger partial charge in [-0.05, 0) is 68.4 Å². The second-order valence-electron chi connectivity index (χ2n) is 10.5. The van der Waals surface area contributed by atoms with Crippen molar-refractivity contribution < 1.29 is 13.2 Å². The van der Waals surface area contributed by atoms with Gasteiger partial charge < -0.3 is 0 Å². The number of carbonyl (C=O) groups excluding carboxylic acids is 1. The molecule has 0 heterocycles. The van der Waals surface area contributed by atoms with Gasteiger partial charge in [-0.15, -0.1) is 0 Å². The van der Waals surface area contributed by atoms with Crippen LogP contribution in [0.15, 0.2) is 58.5 Å². The number of nitrogens with zero attached hydrogens (tertiary/aromatic N) is 2. The zero-order chi connectivity index (χ0) is 26.7. The van der Waals surface area contributed by atoms with E-state index in [2.05, 4.69) is 24.4 Å². The number of hydrazone groups is 1. The summed E-state index contributed by atoms with van der Waals surface area (Å²) in [6.07, 6.45) is 12.7. The second kappa shape index (κ2) is 14.3. The Morgan fingerprint density at radius 2 is 1.35 bits per heavy atom. The van der Waals surface area contributed by atoms with E-state index in [9.17, 15) is 13.2 Å². The van der Waals surface area contributed by atoms with Crippen molar-refractivity contribution >= 4 is 27.3 Å². The molecule has 6 nitrogen and oxygen atoms in total. The summed E-state index contributed by atoms with van der Waals surface area (Å²) >= 11 is 0. The Balaban J connectivity index is 1.78. The lowest BCUT2D eigenvalue weighted by Crippen LogP contribution is -2.39. The molecule has 1 N–H and O–H groups in total. The highest BCUT2D eigenvalue weighted by Crippen LogP contribution is 2.26. The number of rotatable bonds is 7. The monoisotopic (exact) mass is 525 g/mol. The maximum Gasteiger partial charge on any atom is 0.264 e. The minimum absolute atomic E-state index is 0.157. The highest BCUT2D eigenvalue weighted by molar-refractivity contribution is 7.92. The summed E-state index contributed by atoms with van der Waals surface area (Å²) in [6.45, 7) is 5.75. The largest absolute Gasteiger partial charge is 0.271 e. The molecule has 1 aliphatic rings. The molecule has 1 fully saturated rings. The minimum Gasteiger partial charge on any atom is -0.271 e. The predicted molar refractivity (Wildman–Crippen MR) is 153 cm³/mol. The third-order valence-corrected chi connectivity index (χ3v) is 8.80. The minimum atomic E-state index is -3.95. The standard InChI is InChI=1S/C30H43N3O3S/c1-24(2)26-17-19-28(20-18-26)33(37(35,36)29-21-15-25(3)16-22-29)23-30(34)32-31-27-13-11-9-7-5-4-6-8-10-12-14-27/h15-22,24H,4-14,23H2,1-3H3,(H,32,34). The molecule has 202 valence electrons. The molecule has 0 radical (unpaired) electrons. The van der Waals surface area contributed by atoms with Crippen molar-refractivity contribution in [3.8, 4) is 0 Å². The maximum atomic E-state index is 13.6. The molecule has 0 unspecified atom stereocenters. The fourth-order valence-electron chi connectivity index (χ4n) is 4.62. The van der Waals surface area contributed by atoms with E-state index in [4.69, 9.17) is 0 Å². The molecular weight excluding hydrogens is 482 g/mol. The summed E-state index contributed by atoms with van der Waals surface area (Å²) in [5.74, 6) is -0.122. The quantitative estimate of drug-likeness (QED) is 0.392. The first kappa shape index (κ1) is 28.9. The van der Waals surface area contributed by atoms with Crippen LogP contribution in [0.2, 0.25) is 0 Å². The van der Waals surface area contributed by atoms with Gasteiger partial charge in [0.2, 0.25) is 0 Å². The van der Waals surface area contributed by atoms with Gasteiger partial charge in [0.15, 0.2) is 0 Å². The van der Waals surface area contributed by atoms with Crippen LogP contribution in [0.4, 0.5) is 5.69 Å². The summed E-state index contributed by atoms with van der Waals surface area (Å²) in [6, 6.07) is 14.1. The van der Waals surface area contributed by atoms with Crippen LogP contribution in [-0.4, -0.2) is 26.6 Å². The Morgan fingerprint density at radius 1 is 0.838 bits per heavy atom. The second-order valence-corrected chi connectivity index (χ2v) is 12.3. The van der Waals surface area contributed by atoms with Crippen LogP contribution in [0, 0.1) is 6.92 Å². The van der Waals surface area contributed by atoms with E-state index in [1.54, 1.807) is 36.4 Å². The normalized spacial score (nSPS) is 15.9. The van der Waals surface area contributed by atoms with E-state index in [1.807, 2.05) is 19.1 Å². The van der Waals surface area contributed by atoms with Gasteiger partial charge in [-0.3, -0.25) is 9.10 Å². The van der Waals surface area contributed by atoms with Gasteiger partial charge in [0.05, 0.1) is 10.6 Å². The van der Waals surface area contributed by atoms with Crippen molar-refractivity contribution in [1.82, 2.24) is 5.43 Å². The maximum absolute atomic E-state index is 13.6. The number of hydrogen-bond donors (Lipinski definition) is 1. The molecule has 1 saturated carbocycles. The predicted octanol–water partition coefficient (Wildman–Crippen LogP) is 7.09. The average Bonchev–Trinajstić information content (AvgIpc) is 2.87. The van der Waals surface area contributed by atoms with Gasteiger partial charge in [-0.2, -0.15) is 5.10 Å². The molecule has 0 aromatic heterocycles. The molecule has 0 aliphatic heterocycles. The SMILES string of the molecule is Cc1ccc(S(=O)(=O)N(CC(=O)NN=C2CCCCCCCCCCC2)c2ccc(C(C)C)cc2)cc1. The Hall–Kier alpha value is -2.67. The number of sulfonamides is 1. The molecule has 0 spiro atoms. The first-order valence-electron chi connectivity index (χ1n) is 13.8. The van der Waals surface area contributed by atoms with Gasteiger partial charge in [0, 0.05) is 5.71 Å². The summed E-state index contributed by atoms with van der Waals surface area (Å²) in [5.41, 5.74) is 6.21. The molecule has 0 bridgehead atoms. The molecule has 37 heavy (non-hydrogen) atoms. The first-order chi connectivity index (χ1) is 17.8. The van der Waals surface area contributed by atoms with Gasteiger partial charge in [0.25, 0.3) is 15.9 Å². The molecule has 2 aromatic rings. The molecule has 1 amide bonds. The summed E-state index contributed by atoms with van der Waals surface area (Å²) in [7, 11) is -3.95. The van der Waals surface area contributed by atoms with Crippen molar-refractivity contribution in [2.45, 2.75) is 102 Å². The van der Waals surface area contributed by atoms with Crippen LogP contribution in [0.5, 0.6) is 0 Å². The molecule has 0 saturated heterocycles. The lowest BCUT2D eigenvalue weighted by molar-refractivity contribution is -0.119. The van der Waals surface area contributed by atoms with Gasteiger partial charge in [-0.25, -0.2) is 13.8 Å². The third kappa shape index (κ3) is 8.99. The topological polar surface area (TPSA) is 78.8 Å². The van der Waals surface area contributed by atoms with Crippen LogP contribution in [0.25, 0.3) is 0 Å². The van der Waals surface area contributed by atoms with Crippen molar-refractivity contribution in [2.24, 2.45) is 5.10 Å². The van der Waals surface area contributed by atoms with E-state index in [0.717, 1.165) is 42.5 Å². The van der Waals surface area contributed by atoms with Gasteiger partial charge in [0.1, 0.15) is 6.54 Å². The first-order valence-corrected chi connectivity index (χ1v) is 15.2.